The molecule has 7 heteroatoms. The van der Waals surface area contributed by atoms with E-state index in [1.165, 1.54) is 22.3 Å². The van der Waals surface area contributed by atoms with Crippen LogP contribution in [-0.2, 0) is 17.4 Å². The van der Waals surface area contributed by atoms with Gasteiger partial charge >= 0.3 is 17.4 Å². The third-order valence-electron chi connectivity index (χ3n) is 6.73. The molecule has 0 fully saturated rings. The Hall–Kier alpha value is -1.67. The fourth-order valence-corrected chi connectivity index (χ4v) is 4.57. The quantitative estimate of drug-likeness (QED) is 0.337. The Labute approximate surface area is 272 Å². The summed E-state index contributed by atoms with van der Waals surface area (Å²) < 4.78 is 0. The van der Waals surface area contributed by atoms with Crippen LogP contribution in [0.4, 0.5) is 11.4 Å². The molecular formula is C33H43Cl3CrN3. The van der Waals surface area contributed by atoms with Crippen molar-refractivity contribution in [1.29, 1.82) is 0 Å². The SMILES string of the molecule is CC(=Nc1c(C(C)C)cccc1C(C)C)c1cccc(C(C)=Nc2c(C(C)C)cccc2C(C)C)n1.[Cl-].[Cl-].[Cl-].[Cr+3]. The number of halogens is 3. The smallest absolute Gasteiger partial charge is 1.00 e. The van der Waals surface area contributed by atoms with Crippen LogP contribution in [0.25, 0.3) is 0 Å². The number of benzene rings is 2. The fraction of sp³-hybridized carbons (Fsp3) is 0.424. The molecule has 2 aromatic carbocycles. The van der Waals surface area contributed by atoms with Crippen LogP contribution < -0.4 is 37.2 Å². The molecule has 0 spiro atoms. The molecule has 0 N–H and O–H groups in total. The van der Waals surface area contributed by atoms with Gasteiger partial charge in [0.25, 0.3) is 0 Å². The van der Waals surface area contributed by atoms with Crippen LogP contribution in [0.1, 0.15) is 127 Å². The molecule has 217 valence electrons. The number of aromatic nitrogens is 1. The molecule has 0 unspecified atom stereocenters. The Morgan fingerprint density at radius 1 is 0.500 bits per heavy atom. The maximum absolute atomic E-state index is 5.15. The molecule has 0 aliphatic rings. The van der Waals surface area contributed by atoms with E-state index in [0.717, 1.165) is 34.2 Å². The van der Waals surface area contributed by atoms with Gasteiger partial charge in [0.15, 0.2) is 0 Å². The molecule has 3 nitrogen and oxygen atoms in total. The molecule has 0 bridgehead atoms. The molecule has 1 radical (unpaired) electrons. The largest absolute Gasteiger partial charge is 3.00 e. The van der Waals surface area contributed by atoms with Gasteiger partial charge in [-0.1, -0.05) is 97.9 Å². The van der Waals surface area contributed by atoms with Gasteiger partial charge in [0.1, 0.15) is 0 Å². The van der Waals surface area contributed by atoms with Crippen molar-refractivity contribution in [2.45, 2.75) is 92.9 Å². The predicted molar refractivity (Wildman–Crippen MR) is 157 cm³/mol. The summed E-state index contributed by atoms with van der Waals surface area (Å²) in [6.45, 7) is 22.0. The summed E-state index contributed by atoms with van der Waals surface area (Å²) in [6, 6.07) is 19.2. The molecular weight excluding hydrogens is 597 g/mol. The van der Waals surface area contributed by atoms with Crippen LogP contribution in [0.15, 0.2) is 64.6 Å². The Morgan fingerprint density at radius 2 is 0.750 bits per heavy atom. The van der Waals surface area contributed by atoms with E-state index in [-0.39, 0.29) is 54.6 Å². The Balaban J connectivity index is 0. The standard InChI is InChI=1S/C33H43N3.3ClH.Cr/c1-20(2)26-14-11-15-27(21(3)4)32(26)34-24(9)30-18-13-19-31(36-30)25(10)35-33-28(22(5)6)16-12-17-29(33)23(7)8;;;;/h11-23H,1-10H3;3*1H;/q;;;;+3/p-3. The number of aliphatic imine (C=N–C) groups is 2. The summed E-state index contributed by atoms with van der Waals surface area (Å²) in [5.41, 5.74) is 10.9. The number of hydrogen-bond acceptors (Lipinski definition) is 3. The second kappa shape index (κ2) is 18.0. The first kappa shape index (κ1) is 40.5. The summed E-state index contributed by atoms with van der Waals surface area (Å²) in [5, 5.41) is 0. The number of pyridine rings is 1. The molecule has 3 rings (SSSR count). The summed E-state index contributed by atoms with van der Waals surface area (Å²) in [6.07, 6.45) is 0. The Bertz CT molecular complexity index is 1130. The van der Waals surface area contributed by atoms with E-state index >= 15 is 0 Å². The zero-order chi connectivity index (χ0) is 26.6. The zero-order valence-electron chi connectivity index (χ0n) is 25.4. The average Bonchev–Trinajstić information content (AvgIpc) is 2.83. The van der Waals surface area contributed by atoms with Gasteiger partial charge in [-0.05, 0) is 71.9 Å². The van der Waals surface area contributed by atoms with Gasteiger partial charge in [-0.15, -0.1) is 0 Å². The van der Waals surface area contributed by atoms with Crippen molar-refractivity contribution in [2.24, 2.45) is 9.98 Å². The minimum atomic E-state index is 0. The Kier molecular flexibility index (Phi) is 18.2. The van der Waals surface area contributed by atoms with E-state index in [4.69, 9.17) is 15.0 Å². The summed E-state index contributed by atoms with van der Waals surface area (Å²) in [7, 11) is 0. The van der Waals surface area contributed by atoms with E-state index < -0.39 is 0 Å². The summed E-state index contributed by atoms with van der Waals surface area (Å²) in [5.74, 6) is 1.61. The molecule has 0 atom stereocenters. The Morgan fingerprint density at radius 3 is 1.00 bits per heavy atom. The summed E-state index contributed by atoms with van der Waals surface area (Å²) >= 11 is 0. The van der Waals surface area contributed by atoms with Gasteiger partial charge in [0.2, 0.25) is 0 Å². The van der Waals surface area contributed by atoms with E-state index in [1.807, 2.05) is 12.1 Å². The molecule has 0 aliphatic heterocycles. The fourth-order valence-electron chi connectivity index (χ4n) is 4.57. The number of nitrogens with zero attached hydrogens (tertiary/aromatic N) is 3. The first-order valence-electron chi connectivity index (χ1n) is 13.3. The van der Waals surface area contributed by atoms with Gasteiger partial charge in [-0.3, -0.25) is 9.98 Å². The van der Waals surface area contributed by atoms with E-state index in [9.17, 15) is 0 Å². The topological polar surface area (TPSA) is 37.6 Å². The molecule has 1 aromatic heterocycles. The van der Waals surface area contributed by atoms with Crippen LogP contribution in [0, 0.1) is 0 Å². The molecule has 0 saturated carbocycles. The van der Waals surface area contributed by atoms with Crippen LogP contribution in [-0.4, -0.2) is 16.4 Å². The van der Waals surface area contributed by atoms with Crippen LogP contribution in [0.2, 0.25) is 0 Å². The van der Waals surface area contributed by atoms with Crippen molar-refractivity contribution in [1.82, 2.24) is 4.98 Å². The molecule has 0 aliphatic carbocycles. The average molecular weight is 640 g/mol. The maximum Gasteiger partial charge on any atom is 3.00 e. The van der Waals surface area contributed by atoms with Crippen LogP contribution in [0.3, 0.4) is 0 Å². The minimum absolute atomic E-state index is 0. The maximum atomic E-state index is 5.15. The molecule has 1 heterocycles. The summed E-state index contributed by atoms with van der Waals surface area (Å²) in [4.78, 5) is 15.3. The van der Waals surface area contributed by atoms with Gasteiger partial charge < -0.3 is 37.2 Å². The van der Waals surface area contributed by atoms with Crippen molar-refractivity contribution >= 4 is 22.8 Å². The van der Waals surface area contributed by atoms with Crippen molar-refractivity contribution in [3.8, 4) is 0 Å². The molecule has 0 amide bonds. The van der Waals surface area contributed by atoms with Gasteiger partial charge in [0, 0.05) is 0 Å². The van der Waals surface area contributed by atoms with E-state index in [0.29, 0.717) is 23.7 Å². The van der Waals surface area contributed by atoms with E-state index in [2.05, 4.69) is 112 Å². The van der Waals surface area contributed by atoms with Gasteiger partial charge in [-0.2, -0.15) is 0 Å². The van der Waals surface area contributed by atoms with E-state index in [1.54, 1.807) is 0 Å². The van der Waals surface area contributed by atoms with Crippen LogP contribution >= 0.6 is 0 Å². The number of hydrogen-bond donors (Lipinski definition) is 0. The van der Waals surface area contributed by atoms with Gasteiger partial charge in [0.05, 0.1) is 34.2 Å². The third kappa shape index (κ3) is 9.71. The van der Waals surface area contributed by atoms with Crippen molar-refractivity contribution in [3.63, 3.8) is 0 Å². The third-order valence-corrected chi connectivity index (χ3v) is 6.73. The second-order valence-electron chi connectivity index (χ2n) is 11.0. The zero-order valence-corrected chi connectivity index (χ0v) is 28.9. The van der Waals surface area contributed by atoms with Gasteiger partial charge in [-0.25, -0.2) is 4.98 Å². The molecule has 40 heavy (non-hydrogen) atoms. The normalized spacial score (nSPS) is 11.7. The first-order valence-corrected chi connectivity index (χ1v) is 13.3. The second-order valence-corrected chi connectivity index (χ2v) is 11.0. The monoisotopic (exact) mass is 638 g/mol. The number of para-hydroxylation sites is 2. The van der Waals surface area contributed by atoms with Crippen LogP contribution in [0.5, 0.6) is 0 Å². The first-order chi connectivity index (χ1) is 17.0. The van der Waals surface area contributed by atoms with Crippen molar-refractivity contribution in [3.05, 3.63) is 88.2 Å². The predicted octanol–water partition coefficient (Wildman–Crippen LogP) is 0.866. The molecule has 3 aromatic rings. The van der Waals surface area contributed by atoms with Crippen molar-refractivity contribution < 1.29 is 54.6 Å². The molecule has 0 saturated heterocycles. The minimum Gasteiger partial charge on any atom is -1.00 e. The van der Waals surface area contributed by atoms with Crippen molar-refractivity contribution in [2.75, 3.05) is 0 Å². The number of rotatable bonds is 8.